The van der Waals surface area contributed by atoms with Gasteiger partial charge in [0.05, 0.1) is 24.5 Å². The molecule has 132 valence electrons. The summed E-state index contributed by atoms with van der Waals surface area (Å²) in [5.74, 6) is 0.236. The van der Waals surface area contributed by atoms with E-state index in [0.29, 0.717) is 13.1 Å². The molecular formula is C18H22BrN5O. The topological polar surface area (TPSA) is 84.1 Å². The minimum Gasteiger partial charge on any atom is -0.368 e. The Morgan fingerprint density at radius 1 is 1.24 bits per heavy atom. The lowest BCUT2D eigenvalue weighted by molar-refractivity contribution is 0.195. The summed E-state index contributed by atoms with van der Waals surface area (Å²) in [5, 5.41) is 2.92. The van der Waals surface area contributed by atoms with Gasteiger partial charge in [-0.3, -0.25) is 0 Å². The van der Waals surface area contributed by atoms with E-state index in [4.69, 9.17) is 5.73 Å². The molecule has 0 bridgehead atoms. The molecule has 2 heterocycles. The summed E-state index contributed by atoms with van der Waals surface area (Å²) in [4.78, 5) is 22.9. The quantitative estimate of drug-likeness (QED) is 0.802. The molecule has 1 aliphatic heterocycles. The molecule has 0 unspecified atom stereocenters. The number of halogens is 1. The molecule has 2 aromatic rings. The average molecular weight is 404 g/mol. The van der Waals surface area contributed by atoms with Crippen LogP contribution in [0.3, 0.4) is 0 Å². The van der Waals surface area contributed by atoms with Crippen molar-refractivity contribution in [3.8, 4) is 11.3 Å². The zero-order valence-electron chi connectivity index (χ0n) is 14.9. The molecule has 3 N–H and O–H groups in total. The molecule has 0 atom stereocenters. The van der Waals surface area contributed by atoms with Crippen LogP contribution in [0.1, 0.15) is 36.2 Å². The number of carbonyl (C=O) groups is 1. The molecule has 6 nitrogen and oxygen atoms in total. The van der Waals surface area contributed by atoms with E-state index < -0.39 is 0 Å². The van der Waals surface area contributed by atoms with Crippen molar-refractivity contribution >= 4 is 27.9 Å². The van der Waals surface area contributed by atoms with Gasteiger partial charge in [-0.05, 0) is 51.0 Å². The molecule has 1 aliphatic rings. The number of nitrogens with two attached hydrogens (primary N) is 1. The van der Waals surface area contributed by atoms with Gasteiger partial charge in [0, 0.05) is 21.6 Å². The summed E-state index contributed by atoms with van der Waals surface area (Å²) in [6.07, 6.45) is 0. The lowest BCUT2D eigenvalue weighted by Gasteiger charge is -2.18. The number of fused-ring (bicyclic) bond motifs is 1. The predicted octanol–water partition coefficient (Wildman–Crippen LogP) is 3.54. The number of anilines is 1. The number of amides is 2. The van der Waals surface area contributed by atoms with Crippen LogP contribution in [0.15, 0.2) is 16.6 Å². The Morgan fingerprint density at radius 2 is 1.96 bits per heavy atom. The molecule has 25 heavy (non-hydrogen) atoms. The van der Waals surface area contributed by atoms with Gasteiger partial charge in [0.25, 0.3) is 0 Å². The van der Waals surface area contributed by atoms with E-state index in [1.54, 1.807) is 4.90 Å². The van der Waals surface area contributed by atoms with E-state index in [0.717, 1.165) is 38.1 Å². The molecular weight excluding hydrogens is 382 g/mol. The smallest absolute Gasteiger partial charge is 0.318 e. The maximum absolute atomic E-state index is 12.4. The zero-order valence-corrected chi connectivity index (χ0v) is 16.4. The number of nitrogen functional groups attached to an aromatic ring is 1. The Kier molecular flexibility index (Phi) is 4.69. The van der Waals surface area contributed by atoms with Crippen LogP contribution in [0.25, 0.3) is 11.3 Å². The first-order valence-corrected chi connectivity index (χ1v) is 9.03. The molecule has 1 aromatic heterocycles. The van der Waals surface area contributed by atoms with Crippen molar-refractivity contribution in [1.82, 2.24) is 20.2 Å². The number of hydrogen-bond donors (Lipinski definition) is 2. The highest BCUT2D eigenvalue weighted by molar-refractivity contribution is 9.10. The normalized spacial score (nSPS) is 13.3. The van der Waals surface area contributed by atoms with Crippen molar-refractivity contribution in [1.29, 1.82) is 0 Å². The summed E-state index contributed by atoms with van der Waals surface area (Å²) < 4.78 is 1.06. The largest absolute Gasteiger partial charge is 0.368 e. The van der Waals surface area contributed by atoms with Crippen LogP contribution in [0.4, 0.5) is 10.7 Å². The van der Waals surface area contributed by atoms with Gasteiger partial charge < -0.3 is 16.0 Å². The Morgan fingerprint density at radius 3 is 2.64 bits per heavy atom. The molecule has 1 aromatic carbocycles. The predicted molar refractivity (Wildman–Crippen MR) is 102 cm³/mol. The van der Waals surface area contributed by atoms with E-state index >= 15 is 0 Å². The van der Waals surface area contributed by atoms with Crippen LogP contribution in [-0.4, -0.2) is 26.9 Å². The molecule has 0 radical (unpaired) electrons. The number of hydrogen-bond acceptors (Lipinski definition) is 4. The van der Waals surface area contributed by atoms with Crippen LogP contribution in [0.5, 0.6) is 0 Å². The van der Waals surface area contributed by atoms with Crippen molar-refractivity contribution in [3.05, 3.63) is 39.0 Å². The number of aryl methyl sites for hydroxylation is 2. The number of urea groups is 1. The first kappa shape index (κ1) is 17.7. The molecule has 7 heteroatoms. The molecule has 0 saturated heterocycles. The van der Waals surface area contributed by atoms with E-state index in [-0.39, 0.29) is 18.0 Å². The van der Waals surface area contributed by atoms with Gasteiger partial charge in [0.15, 0.2) is 0 Å². The fourth-order valence-electron chi connectivity index (χ4n) is 3.01. The molecule has 0 spiro atoms. The third kappa shape index (κ3) is 3.46. The second kappa shape index (κ2) is 6.63. The minimum atomic E-state index is -0.0961. The molecule has 0 saturated carbocycles. The molecule has 0 fully saturated rings. The summed E-state index contributed by atoms with van der Waals surface area (Å²) in [6, 6.07) is 4.16. The Hall–Kier alpha value is -2.15. The second-order valence-corrected chi connectivity index (χ2v) is 7.59. The van der Waals surface area contributed by atoms with Gasteiger partial charge in [-0.15, -0.1) is 0 Å². The average Bonchev–Trinajstić information content (AvgIpc) is 2.93. The zero-order chi connectivity index (χ0) is 18.3. The summed E-state index contributed by atoms with van der Waals surface area (Å²) in [6.45, 7) is 8.90. The number of carbonyl (C=O) groups excluding carboxylic acids is 1. The summed E-state index contributed by atoms with van der Waals surface area (Å²) in [5.41, 5.74) is 11.8. The first-order chi connectivity index (χ1) is 11.8. The van der Waals surface area contributed by atoms with Gasteiger partial charge in [-0.1, -0.05) is 15.9 Å². The molecule has 2 amide bonds. The molecule has 0 aliphatic carbocycles. The second-order valence-electron chi connectivity index (χ2n) is 6.73. The summed E-state index contributed by atoms with van der Waals surface area (Å²) >= 11 is 3.56. The van der Waals surface area contributed by atoms with Crippen LogP contribution in [0.2, 0.25) is 0 Å². The number of nitrogens with zero attached hydrogens (tertiary/aromatic N) is 3. The standard InChI is InChI=1S/C18H22BrN5O/c1-9(2)21-18(25)24-7-13-15(8-24)22-17(20)23-16(13)12-5-11(4)14(19)6-10(12)3/h5-6,9H,7-8H2,1-4H3,(H,21,25)(H2,20,22,23). The lowest BCUT2D eigenvalue weighted by Crippen LogP contribution is -2.40. The Labute approximate surface area is 156 Å². The highest BCUT2D eigenvalue weighted by Crippen LogP contribution is 2.34. The molecule has 3 rings (SSSR count). The van der Waals surface area contributed by atoms with Crippen LogP contribution in [-0.2, 0) is 13.1 Å². The highest BCUT2D eigenvalue weighted by Gasteiger charge is 2.29. The number of benzene rings is 1. The lowest BCUT2D eigenvalue weighted by atomic mass is 9.99. The number of aromatic nitrogens is 2. The van der Waals surface area contributed by atoms with Gasteiger partial charge >= 0.3 is 6.03 Å². The van der Waals surface area contributed by atoms with Crippen molar-refractivity contribution in [3.63, 3.8) is 0 Å². The SMILES string of the molecule is Cc1cc(-c2nc(N)nc3c2CN(C(=O)NC(C)C)C3)c(C)cc1Br. The van der Waals surface area contributed by atoms with Crippen molar-refractivity contribution in [2.75, 3.05) is 5.73 Å². The first-order valence-electron chi connectivity index (χ1n) is 8.24. The van der Waals surface area contributed by atoms with Gasteiger partial charge in [-0.2, -0.15) is 0 Å². The van der Waals surface area contributed by atoms with Crippen molar-refractivity contribution in [2.24, 2.45) is 0 Å². The fraction of sp³-hybridized carbons (Fsp3) is 0.389. The fourth-order valence-corrected chi connectivity index (χ4v) is 3.47. The maximum atomic E-state index is 12.4. The van der Waals surface area contributed by atoms with Crippen LogP contribution >= 0.6 is 15.9 Å². The van der Waals surface area contributed by atoms with E-state index in [1.165, 1.54) is 0 Å². The van der Waals surface area contributed by atoms with E-state index in [9.17, 15) is 4.79 Å². The van der Waals surface area contributed by atoms with Gasteiger partial charge in [0.1, 0.15) is 0 Å². The number of nitrogens with one attached hydrogen (secondary N) is 1. The van der Waals surface area contributed by atoms with Crippen molar-refractivity contribution in [2.45, 2.75) is 46.8 Å². The van der Waals surface area contributed by atoms with Crippen LogP contribution in [0, 0.1) is 13.8 Å². The Balaban J connectivity index is 2.03. The monoisotopic (exact) mass is 403 g/mol. The Bertz CT molecular complexity index is 850. The number of rotatable bonds is 2. The third-order valence-corrected chi connectivity index (χ3v) is 5.11. The summed E-state index contributed by atoms with van der Waals surface area (Å²) in [7, 11) is 0. The van der Waals surface area contributed by atoms with Crippen LogP contribution < -0.4 is 11.1 Å². The third-order valence-electron chi connectivity index (χ3n) is 4.26. The van der Waals surface area contributed by atoms with E-state index in [2.05, 4.69) is 43.3 Å². The van der Waals surface area contributed by atoms with E-state index in [1.807, 2.05) is 27.7 Å². The maximum Gasteiger partial charge on any atom is 0.318 e. The van der Waals surface area contributed by atoms with Crippen molar-refractivity contribution < 1.29 is 4.79 Å². The highest BCUT2D eigenvalue weighted by atomic mass is 79.9. The van der Waals surface area contributed by atoms with Gasteiger partial charge in [-0.25, -0.2) is 14.8 Å². The van der Waals surface area contributed by atoms with Gasteiger partial charge in [0.2, 0.25) is 5.95 Å². The minimum absolute atomic E-state index is 0.0863.